The summed E-state index contributed by atoms with van der Waals surface area (Å²) in [4.78, 5) is 22.7. The lowest BCUT2D eigenvalue weighted by atomic mass is 9.90. The summed E-state index contributed by atoms with van der Waals surface area (Å²) in [7, 11) is 0. The fourth-order valence-electron chi connectivity index (χ4n) is 1.75. The number of hydrogen-bond acceptors (Lipinski definition) is 5. The fourth-order valence-corrected chi connectivity index (χ4v) is 1.75. The van der Waals surface area contributed by atoms with Crippen LogP contribution in [-0.2, 0) is 14.3 Å². The van der Waals surface area contributed by atoms with Crippen LogP contribution < -0.4 is 11.1 Å². The van der Waals surface area contributed by atoms with E-state index < -0.39 is 29.2 Å². The highest BCUT2D eigenvalue weighted by Crippen LogP contribution is 2.23. The number of nitrogens with one attached hydrogen (secondary N) is 1. The molecule has 1 aliphatic rings. The standard InChI is InChI=1S/C11H20N2O5/c1-10(2,3)18-9(16)13-11(4-5-17-6-11)7(12)8(14)15/h7H,4-6,12H2,1-3H3,(H,13,16)(H,14,15). The number of aliphatic carboxylic acids is 1. The Balaban J connectivity index is 2.75. The molecule has 7 heteroatoms. The van der Waals surface area contributed by atoms with Crippen molar-refractivity contribution < 1.29 is 24.2 Å². The Kier molecular flexibility index (Phi) is 4.18. The molecule has 0 aromatic carbocycles. The third kappa shape index (κ3) is 3.58. The molecule has 104 valence electrons. The first kappa shape index (κ1) is 14.7. The van der Waals surface area contributed by atoms with Crippen molar-refractivity contribution in [1.29, 1.82) is 0 Å². The molecule has 1 heterocycles. The first-order valence-electron chi connectivity index (χ1n) is 5.74. The van der Waals surface area contributed by atoms with E-state index in [4.69, 9.17) is 20.3 Å². The van der Waals surface area contributed by atoms with Crippen LogP contribution in [0.25, 0.3) is 0 Å². The molecule has 1 fully saturated rings. The summed E-state index contributed by atoms with van der Waals surface area (Å²) in [6.45, 7) is 5.60. The highest BCUT2D eigenvalue weighted by molar-refractivity contribution is 5.78. The van der Waals surface area contributed by atoms with Gasteiger partial charge in [-0.15, -0.1) is 0 Å². The summed E-state index contributed by atoms with van der Waals surface area (Å²) >= 11 is 0. The molecular weight excluding hydrogens is 240 g/mol. The molecule has 0 aliphatic carbocycles. The molecule has 4 N–H and O–H groups in total. The van der Waals surface area contributed by atoms with E-state index in [2.05, 4.69) is 5.32 Å². The lowest BCUT2D eigenvalue weighted by Crippen LogP contribution is -2.64. The zero-order valence-corrected chi connectivity index (χ0v) is 10.9. The van der Waals surface area contributed by atoms with Gasteiger partial charge in [-0.05, 0) is 27.2 Å². The first-order valence-corrected chi connectivity index (χ1v) is 5.74. The minimum absolute atomic E-state index is 0.0692. The maximum Gasteiger partial charge on any atom is 0.408 e. The van der Waals surface area contributed by atoms with Gasteiger partial charge >= 0.3 is 12.1 Å². The summed E-state index contributed by atoms with van der Waals surface area (Å²) in [6, 6.07) is -1.23. The number of nitrogens with two attached hydrogens (primary N) is 1. The molecule has 0 aromatic heterocycles. The van der Waals surface area contributed by atoms with E-state index in [9.17, 15) is 9.59 Å². The molecule has 1 amide bonds. The molecule has 0 saturated carbocycles. The van der Waals surface area contributed by atoms with Gasteiger partial charge < -0.3 is 25.6 Å². The van der Waals surface area contributed by atoms with E-state index in [1.54, 1.807) is 20.8 Å². The highest BCUT2D eigenvalue weighted by atomic mass is 16.6. The maximum absolute atomic E-state index is 11.7. The molecule has 0 spiro atoms. The van der Waals surface area contributed by atoms with E-state index in [-0.39, 0.29) is 6.61 Å². The molecule has 7 nitrogen and oxygen atoms in total. The van der Waals surface area contributed by atoms with Crippen LogP contribution in [0.3, 0.4) is 0 Å². The SMILES string of the molecule is CC(C)(C)OC(=O)NC1(C(N)C(=O)O)CCOC1. The van der Waals surface area contributed by atoms with Crippen LogP contribution in [0, 0.1) is 0 Å². The van der Waals surface area contributed by atoms with Gasteiger partial charge in [0.25, 0.3) is 0 Å². The van der Waals surface area contributed by atoms with Crippen molar-refractivity contribution in [2.45, 2.75) is 44.4 Å². The molecule has 2 atom stereocenters. The van der Waals surface area contributed by atoms with Gasteiger partial charge in [0.15, 0.2) is 0 Å². The molecule has 0 radical (unpaired) electrons. The molecule has 1 aliphatic heterocycles. The Labute approximate surface area is 106 Å². The quantitative estimate of drug-likeness (QED) is 0.662. The van der Waals surface area contributed by atoms with Crippen molar-refractivity contribution in [3.05, 3.63) is 0 Å². The summed E-state index contributed by atoms with van der Waals surface area (Å²) in [6.07, 6.45) is -0.343. The number of amides is 1. The number of alkyl carbamates (subject to hydrolysis) is 1. The number of hydrogen-bond donors (Lipinski definition) is 3. The number of rotatable bonds is 3. The van der Waals surface area contributed by atoms with Crippen molar-refractivity contribution in [2.75, 3.05) is 13.2 Å². The second kappa shape index (κ2) is 5.11. The number of carbonyl (C=O) groups excluding carboxylic acids is 1. The number of carboxylic acid groups (broad SMARTS) is 1. The summed E-state index contributed by atoms with van der Waals surface area (Å²) in [5.41, 5.74) is 3.86. The van der Waals surface area contributed by atoms with Gasteiger partial charge in [0.05, 0.1) is 12.1 Å². The Bertz CT molecular complexity index is 331. The molecule has 0 bridgehead atoms. The van der Waals surface area contributed by atoms with Gasteiger partial charge in [-0.3, -0.25) is 4.79 Å². The molecule has 0 aromatic rings. The Hall–Kier alpha value is -1.34. The van der Waals surface area contributed by atoms with Crippen LogP contribution in [0.15, 0.2) is 0 Å². The predicted molar refractivity (Wildman–Crippen MR) is 63.1 cm³/mol. The smallest absolute Gasteiger partial charge is 0.408 e. The van der Waals surface area contributed by atoms with Crippen molar-refractivity contribution in [3.63, 3.8) is 0 Å². The molecule has 1 rings (SSSR count). The number of carbonyl (C=O) groups is 2. The van der Waals surface area contributed by atoms with Crippen LogP contribution in [0.5, 0.6) is 0 Å². The van der Waals surface area contributed by atoms with Crippen molar-refractivity contribution in [3.8, 4) is 0 Å². The van der Waals surface area contributed by atoms with Crippen LogP contribution in [0.4, 0.5) is 4.79 Å². The second-order valence-electron chi connectivity index (χ2n) is 5.40. The third-order valence-electron chi connectivity index (χ3n) is 2.66. The number of carboxylic acids is 1. The average Bonchev–Trinajstić information content (AvgIpc) is 2.62. The van der Waals surface area contributed by atoms with Crippen LogP contribution >= 0.6 is 0 Å². The van der Waals surface area contributed by atoms with Crippen LogP contribution in [0.2, 0.25) is 0 Å². The molecule has 2 unspecified atom stereocenters. The fraction of sp³-hybridized carbons (Fsp3) is 0.818. The van der Waals surface area contributed by atoms with E-state index >= 15 is 0 Å². The average molecular weight is 260 g/mol. The molecule has 18 heavy (non-hydrogen) atoms. The lowest BCUT2D eigenvalue weighted by molar-refractivity contribution is -0.140. The molecule has 1 saturated heterocycles. The topological polar surface area (TPSA) is 111 Å². The van der Waals surface area contributed by atoms with E-state index in [1.165, 1.54) is 0 Å². The van der Waals surface area contributed by atoms with E-state index in [0.29, 0.717) is 13.0 Å². The van der Waals surface area contributed by atoms with E-state index in [0.717, 1.165) is 0 Å². The summed E-state index contributed by atoms with van der Waals surface area (Å²) < 4.78 is 10.2. The zero-order chi connectivity index (χ0) is 14.0. The van der Waals surface area contributed by atoms with Gasteiger partial charge in [-0.1, -0.05) is 0 Å². The first-order chi connectivity index (χ1) is 8.16. The summed E-state index contributed by atoms with van der Waals surface area (Å²) in [5, 5.41) is 11.5. The minimum Gasteiger partial charge on any atom is -0.480 e. The third-order valence-corrected chi connectivity index (χ3v) is 2.66. The van der Waals surface area contributed by atoms with E-state index in [1.807, 2.05) is 0 Å². The predicted octanol–water partition coefficient (Wildman–Crippen LogP) is 0.0821. The van der Waals surface area contributed by atoms with Gasteiger partial charge in [-0.2, -0.15) is 0 Å². The second-order valence-corrected chi connectivity index (χ2v) is 5.40. The normalized spacial score (nSPS) is 25.6. The number of ether oxygens (including phenoxy) is 2. The van der Waals surface area contributed by atoms with Gasteiger partial charge in [-0.25, -0.2) is 4.79 Å². The Morgan fingerprint density at radius 2 is 2.11 bits per heavy atom. The lowest BCUT2D eigenvalue weighted by Gasteiger charge is -2.33. The van der Waals surface area contributed by atoms with Crippen molar-refractivity contribution in [2.24, 2.45) is 5.73 Å². The van der Waals surface area contributed by atoms with Gasteiger partial charge in [0, 0.05) is 6.61 Å². The zero-order valence-electron chi connectivity index (χ0n) is 10.9. The Morgan fingerprint density at radius 3 is 2.50 bits per heavy atom. The highest BCUT2D eigenvalue weighted by Gasteiger charge is 2.46. The van der Waals surface area contributed by atoms with Crippen LogP contribution in [-0.4, -0.2) is 47.6 Å². The van der Waals surface area contributed by atoms with Gasteiger partial charge in [0.1, 0.15) is 11.6 Å². The van der Waals surface area contributed by atoms with Crippen molar-refractivity contribution in [1.82, 2.24) is 5.32 Å². The van der Waals surface area contributed by atoms with Crippen molar-refractivity contribution >= 4 is 12.1 Å². The minimum atomic E-state index is -1.23. The van der Waals surface area contributed by atoms with Gasteiger partial charge in [0.2, 0.25) is 0 Å². The van der Waals surface area contributed by atoms with Crippen LogP contribution in [0.1, 0.15) is 27.2 Å². The molecular formula is C11H20N2O5. The Morgan fingerprint density at radius 1 is 1.50 bits per heavy atom. The summed E-state index contributed by atoms with van der Waals surface area (Å²) in [5.74, 6) is -1.18. The largest absolute Gasteiger partial charge is 0.480 e. The maximum atomic E-state index is 11.7. The monoisotopic (exact) mass is 260 g/mol.